The van der Waals surface area contributed by atoms with Crippen LogP contribution in [0, 0.1) is 0 Å². The highest BCUT2D eigenvalue weighted by atomic mass is 35.5. The molecule has 0 bridgehead atoms. The first-order valence-corrected chi connectivity index (χ1v) is 6.56. The molecule has 0 saturated heterocycles. The fraction of sp³-hybridized carbons (Fsp3) is 0.417. The summed E-state index contributed by atoms with van der Waals surface area (Å²) >= 11 is 11.8. The fourth-order valence-electron chi connectivity index (χ4n) is 1.27. The molecule has 0 saturated carbocycles. The van der Waals surface area contributed by atoms with Crippen molar-refractivity contribution in [1.82, 2.24) is 10.6 Å². The maximum Gasteiger partial charge on any atom is 0.314 e. The lowest BCUT2D eigenvalue weighted by Gasteiger charge is -2.14. The van der Waals surface area contributed by atoms with E-state index in [1.54, 1.807) is 25.1 Å². The number of amides is 2. The second-order valence-electron chi connectivity index (χ2n) is 3.76. The molecule has 2 amide bonds. The monoisotopic (exact) mass is 306 g/mol. The molecule has 0 spiro atoms. The van der Waals surface area contributed by atoms with Gasteiger partial charge in [-0.25, -0.2) is 4.79 Å². The van der Waals surface area contributed by atoms with Gasteiger partial charge in [-0.15, -0.1) is 0 Å². The molecule has 0 aliphatic heterocycles. The van der Waals surface area contributed by atoms with E-state index in [9.17, 15) is 9.90 Å². The van der Waals surface area contributed by atoms with Crippen LogP contribution in [0.3, 0.4) is 0 Å². The standard InChI is InChI=1S/C12H16Cl2N2O3/c1-2-15-12(18)16-6-8(17)7-19-10-5-3-4-9(13)11(10)14/h3-5,8,17H,2,6-7H2,1H3,(H2,15,16,18)/t8-/m0/s1. The Morgan fingerprint density at radius 1 is 1.42 bits per heavy atom. The Bertz CT molecular complexity index is 429. The number of hydrogen-bond acceptors (Lipinski definition) is 3. The molecule has 0 heterocycles. The number of aliphatic hydroxyl groups is 1. The van der Waals surface area contributed by atoms with Crippen molar-refractivity contribution in [2.75, 3.05) is 19.7 Å². The van der Waals surface area contributed by atoms with Gasteiger partial charge >= 0.3 is 6.03 Å². The molecular formula is C12H16Cl2N2O3. The minimum absolute atomic E-state index is 0.00642. The largest absolute Gasteiger partial charge is 0.489 e. The van der Waals surface area contributed by atoms with Crippen molar-refractivity contribution < 1.29 is 14.6 Å². The lowest BCUT2D eigenvalue weighted by Crippen LogP contribution is -2.41. The molecule has 0 unspecified atom stereocenters. The molecule has 0 radical (unpaired) electrons. The zero-order valence-electron chi connectivity index (χ0n) is 10.5. The highest BCUT2D eigenvalue weighted by molar-refractivity contribution is 6.42. The molecule has 5 nitrogen and oxygen atoms in total. The Morgan fingerprint density at radius 2 is 2.16 bits per heavy atom. The molecule has 106 valence electrons. The first-order chi connectivity index (χ1) is 9.04. The number of rotatable bonds is 6. The van der Waals surface area contributed by atoms with Gasteiger partial charge in [0.2, 0.25) is 0 Å². The Hall–Kier alpha value is -1.17. The summed E-state index contributed by atoms with van der Waals surface area (Å²) < 4.78 is 5.33. The van der Waals surface area contributed by atoms with Crippen molar-refractivity contribution in [2.45, 2.75) is 13.0 Å². The number of benzene rings is 1. The maximum absolute atomic E-state index is 11.1. The van der Waals surface area contributed by atoms with E-state index >= 15 is 0 Å². The van der Waals surface area contributed by atoms with Gasteiger partial charge in [-0.3, -0.25) is 0 Å². The number of ether oxygens (including phenoxy) is 1. The summed E-state index contributed by atoms with van der Waals surface area (Å²) in [6.45, 7) is 2.42. The van der Waals surface area contributed by atoms with Crippen LogP contribution in [-0.2, 0) is 0 Å². The predicted molar refractivity (Wildman–Crippen MR) is 75.0 cm³/mol. The van der Waals surface area contributed by atoms with Crippen LogP contribution < -0.4 is 15.4 Å². The van der Waals surface area contributed by atoms with E-state index in [4.69, 9.17) is 27.9 Å². The second-order valence-corrected chi connectivity index (χ2v) is 4.54. The number of hydrogen-bond donors (Lipinski definition) is 3. The summed E-state index contributed by atoms with van der Waals surface area (Å²) in [6.07, 6.45) is -0.836. The van der Waals surface area contributed by atoms with E-state index in [0.717, 1.165) is 0 Å². The Morgan fingerprint density at radius 3 is 2.84 bits per heavy atom. The van der Waals surface area contributed by atoms with Gasteiger partial charge < -0.3 is 20.5 Å². The minimum atomic E-state index is -0.836. The van der Waals surface area contributed by atoms with E-state index in [1.165, 1.54) is 0 Å². The number of carbonyl (C=O) groups excluding carboxylic acids is 1. The highest BCUT2D eigenvalue weighted by Gasteiger charge is 2.10. The third-order valence-electron chi connectivity index (χ3n) is 2.18. The van der Waals surface area contributed by atoms with Gasteiger partial charge in [0, 0.05) is 13.1 Å². The van der Waals surface area contributed by atoms with E-state index < -0.39 is 6.10 Å². The summed E-state index contributed by atoms with van der Waals surface area (Å²) in [5.41, 5.74) is 0. The molecule has 3 N–H and O–H groups in total. The zero-order chi connectivity index (χ0) is 14.3. The maximum atomic E-state index is 11.1. The molecule has 0 aliphatic carbocycles. The van der Waals surface area contributed by atoms with Crippen LogP contribution in [0.2, 0.25) is 10.0 Å². The smallest absolute Gasteiger partial charge is 0.314 e. The van der Waals surface area contributed by atoms with Gasteiger partial charge in [0.05, 0.1) is 5.02 Å². The van der Waals surface area contributed by atoms with E-state index in [-0.39, 0.29) is 19.2 Å². The fourth-order valence-corrected chi connectivity index (χ4v) is 1.62. The van der Waals surface area contributed by atoms with Crippen molar-refractivity contribution in [3.8, 4) is 5.75 Å². The van der Waals surface area contributed by atoms with Gasteiger partial charge in [0.15, 0.2) is 0 Å². The first kappa shape index (κ1) is 15.9. The summed E-state index contributed by atoms with van der Waals surface area (Å²) in [6, 6.07) is 4.66. The van der Waals surface area contributed by atoms with Crippen LogP contribution in [-0.4, -0.2) is 36.9 Å². The van der Waals surface area contributed by atoms with Gasteiger partial charge in [0.1, 0.15) is 23.5 Å². The molecule has 1 rings (SSSR count). The number of nitrogens with one attached hydrogen (secondary N) is 2. The average molecular weight is 307 g/mol. The molecule has 1 atom stereocenters. The summed E-state index contributed by atoms with van der Waals surface area (Å²) in [7, 11) is 0. The van der Waals surface area contributed by atoms with Crippen molar-refractivity contribution >= 4 is 29.2 Å². The van der Waals surface area contributed by atoms with E-state index in [0.29, 0.717) is 22.3 Å². The van der Waals surface area contributed by atoms with Gasteiger partial charge in [-0.2, -0.15) is 0 Å². The van der Waals surface area contributed by atoms with Crippen LogP contribution in [0.25, 0.3) is 0 Å². The summed E-state index contributed by atoms with van der Waals surface area (Å²) in [4.78, 5) is 11.1. The van der Waals surface area contributed by atoms with Crippen molar-refractivity contribution in [3.63, 3.8) is 0 Å². The molecular weight excluding hydrogens is 291 g/mol. The third-order valence-corrected chi connectivity index (χ3v) is 2.98. The number of aliphatic hydroxyl groups excluding tert-OH is 1. The lowest BCUT2D eigenvalue weighted by atomic mass is 10.3. The Balaban J connectivity index is 2.36. The van der Waals surface area contributed by atoms with Crippen LogP contribution in [0.4, 0.5) is 4.79 Å². The molecule has 0 fully saturated rings. The molecule has 19 heavy (non-hydrogen) atoms. The van der Waals surface area contributed by atoms with Crippen molar-refractivity contribution in [3.05, 3.63) is 28.2 Å². The molecule has 0 aliphatic rings. The Kier molecular flexibility index (Phi) is 6.77. The van der Waals surface area contributed by atoms with Crippen LogP contribution in [0.1, 0.15) is 6.92 Å². The number of urea groups is 1. The molecule has 1 aromatic carbocycles. The molecule has 7 heteroatoms. The number of carbonyl (C=O) groups is 1. The zero-order valence-corrected chi connectivity index (χ0v) is 12.0. The predicted octanol–water partition coefficient (Wildman–Crippen LogP) is 2.05. The van der Waals surface area contributed by atoms with Gasteiger partial charge in [-0.1, -0.05) is 29.3 Å². The SMILES string of the molecule is CCNC(=O)NC[C@H](O)COc1cccc(Cl)c1Cl. The summed E-state index contributed by atoms with van der Waals surface area (Å²) in [5, 5.41) is 15.4. The lowest BCUT2D eigenvalue weighted by molar-refractivity contribution is 0.108. The third kappa shape index (κ3) is 5.55. The number of halogens is 2. The molecule has 1 aromatic rings. The van der Waals surface area contributed by atoms with Crippen LogP contribution in [0.15, 0.2) is 18.2 Å². The Labute approximate surface area is 121 Å². The van der Waals surface area contributed by atoms with E-state index in [2.05, 4.69) is 10.6 Å². The van der Waals surface area contributed by atoms with Crippen LogP contribution >= 0.6 is 23.2 Å². The normalized spacial score (nSPS) is 11.8. The van der Waals surface area contributed by atoms with Gasteiger partial charge in [0.25, 0.3) is 0 Å². The molecule has 0 aromatic heterocycles. The second kappa shape index (κ2) is 8.09. The summed E-state index contributed by atoms with van der Waals surface area (Å²) in [5.74, 6) is 0.395. The van der Waals surface area contributed by atoms with E-state index in [1.807, 2.05) is 0 Å². The highest BCUT2D eigenvalue weighted by Crippen LogP contribution is 2.31. The van der Waals surface area contributed by atoms with Crippen molar-refractivity contribution in [2.24, 2.45) is 0 Å². The minimum Gasteiger partial charge on any atom is -0.489 e. The van der Waals surface area contributed by atoms with Crippen molar-refractivity contribution in [1.29, 1.82) is 0 Å². The average Bonchev–Trinajstić information content (AvgIpc) is 2.38. The topological polar surface area (TPSA) is 70.6 Å². The quantitative estimate of drug-likeness (QED) is 0.753. The van der Waals surface area contributed by atoms with Crippen LogP contribution in [0.5, 0.6) is 5.75 Å². The first-order valence-electron chi connectivity index (χ1n) is 5.81. The van der Waals surface area contributed by atoms with Gasteiger partial charge in [-0.05, 0) is 19.1 Å².